The molecule has 3 rings (SSSR count). The lowest BCUT2D eigenvalue weighted by atomic mass is 10.2. The zero-order valence-corrected chi connectivity index (χ0v) is 16.8. The van der Waals surface area contributed by atoms with E-state index in [1.54, 1.807) is 36.4 Å². The number of carbonyl (C=O) groups excluding carboxylic acids is 1. The van der Waals surface area contributed by atoms with Gasteiger partial charge in [-0.05, 0) is 35.4 Å². The van der Waals surface area contributed by atoms with Gasteiger partial charge in [0.15, 0.2) is 0 Å². The third-order valence-electron chi connectivity index (χ3n) is 4.33. The number of nitrogens with zero attached hydrogens (tertiary/aromatic N) is 1. The highest BCUT2D eigenvalue weighted by Gasteiger charge is 2.25. The van der Waals surface area contributed by atoms with E-state index in [2.05, 4.69) is 0 Å². The summed E-state index contributed by atoms with van der Waals surface area (Å²) in [6.45, 7) is 1.70. The Morgan fingerprint density at radius 2 is 1.62 bits per heavy atom. The molecule has 0 radical (unpaired) electrons. The largest absolute Gasteiger partial charge is 0.458 e. The number of morpholine rings is 1. The zero-order chi connectivity index (χ0) is 20.5. The first kappa shape index (κ1) is 21.0. The van der Waals surface area contributed by atoms with Crippen LogP contribution < -0.4 is 0 Å². The molecule has 0 spiro atoms. The van der Waals surface area contributed by atoms with E-state index in [9.17, 15) is 13.2 Å². The van der Waals surface area contributed by atoms with Gasteiger partial charge in [0, 0.05) is 19.2 Å². The summed E-state index contributed by atoms with van der Waals surface area (Å²) < 4.78 is 36.9. The van der Waals surface area contributed by atoms with Gasteiger partial charge in [-0.1, -0.05) is 48.5 Å². The van der Waals surface area contributed by atoms with Crippen LogP contribution in [0, 0.1) is 0 Å². The van der Waals surface area contributed by atoms with Gasteiger partial charge in [-0.3, -0.25) is 0 Å². The SMILES string of the molecule is O=C(/C=C/c1ccc(S(=O)(=O)N2CCOCC2)cc1)OC/C=C/c1ccccc1. The van der Waals surface area contributed by atoms with E-state index in [-0.39, 0.29) is 11.5 Å². The van der Waals surface area contributed by atoms with Gasteiger partial charge in [0.2, 0.25) is 10.0 Å². The first-order chi connectivity index (χ1) is 14.1. The van der Waals surface area contributed by atoms with Crippen molar-refractivity contribution in [1.82, 2.24) is 4.31 Å². The maximum Gasteiger partial charge on any atom is 0.331 e. The van der Waals surface area contributed by atoms with Crippen molar-refractivity contribution in [2.24, 2.45) is 0 Å². The fourth-order valence-electron chi connectivity index (χ4n) is 2.78. The van der Waals surface area contributed by atoms with Crippen LogP contribution in [-0.2, 0) is 24.3 Å². The molecule has 0 aromatic heterocycles. The molecule has 2 aromatic rings. The summed E-state index contributed by atoms with van der Waals surface area (Å²) in [5.74, 6) is -0.465. The lowest BCUT2D eigenvalue weighted by Gasteiger charge is -2.26. The van der Waals surface area contributed by atoms with Crippen LogP contribution in [-0.4, -0.2) is 51.6 Å². The lowest BCUT2D eigenvalue weighted by molar-refractivity contribution is -0.136. The second kappa shape index (κ2) is 10.2. The highest BCUT2D eigenvalue weighted by atomic mass is 32.2. The van der Waals surface area contributed by atoms with Gasteiger partial charge in [0.05, 0.1) is 18.1 Å². The number of rotatable bonds is 7. The molecule has 29 heavy (non-hydrogen) atoms. The molecule has 0 bridgehead atoms. The lowest BCUT2D eigenvalue weighted by Crippen LogP contribution is -2.40. The fourth-order valence-corrected chi connectivity index (χ4v) is 4.19. The van der Waals surface area contributed by atoms with E-state index in [0.717, 1.165) is 5.56 Å². The Morgan fingerprint density at radius 1 is 0.966 bits per heavy atom. The molecule has 0 amide bonds. The Balaban J connectivity index is 1.51. The molecule has 1 saturated heterocycles. The van der Waals surface area contributed by atoms with Crippen LogP contribution in [0.4, 0.5) is 0 Å². The van der Waals surface area contributed by atoms with Gasteiger partial charge in [-0.2, -0.15) is 4.31 Å². The number of hydrogen-bond acceptors (Lipinski definition) is 5. The zero-order valence-electron chi connectivity index (χ0n) is 15.9. The number of hydrogen-bond donors (Lipinski definition) is 0. The number of ether oxygens (including phenoxy) is 2. The average molecular weight is 413 g/mol. The topological polar surface area (TPSA) is 72.9 Å². The minimum atomic E-state index is -3.52. The van der Waals surface area contributed by atoms with Crippen molar-refractivity contribution in [3.8, 4) is 0 Å². The van der Waals surface area contributed by atoms with E-state index in [4.69, 9.17) is 9.47 Å². The average Bonchev–Trinajstić information content (AvgIpc) is 2.77. The van der Waals surface area contributed by atoms with Crippen LogP contribution in [0.2, 0.25) is 0 Å². The molecule has 152 valence electrons. The van der Waals surface area contributed by atoms with E-state index in [1.165, 1.54) is 10.4 Å². The molecule has 0 aliphatic carbocycles. The summed E-state index contributed by atoms with van der Waals surface area (Å²) in [6.07, 6.45) is 6.56. The number of esters is 1. The second-order valence-corrected chi connectivity index (χ2v) is 8.30. The van der Waals surface area contributed by atoms with E-state index < -0.39 is 16.0 Å². The molecule has 7 heteroatoms. The van der Waals surface area contributed by atoms with Gasteiger partial charge >= 0.3 is 5.97 Å². The molecule has 0 N–H and O–H groups in total. The number of carbonyl (C=O) groups is 1. The van der Waals surface area contributed by atoms with Crippen LogP contribution in [0.15, 0.2) is 71.6 Å². The maximum atomic E-state index is 12.6. The normalized spacial score (nSPS) is 15.7. The highest BCUT2D eigenvalue weighted by Crippen LogP contribution is 2.18. The standard InChI is InChI=1S/C22H23NO5S/c24-22(28-16-4-7-19-5-2-1-3-6-19)13-10-20-8-11-21(12-9-20)29(25,26)23-14-17-27-18-15-23/h1-13H,14-18H2/b7-4+,13-10+. The molecule has 1 aliphatic rings. The molecule has 1 fully saturated rings. The van der Waals surface area contributed by atoms with Crippen molar-refractivity contribution in [2.75, 3.05) is 32.9 Å². The van der Waals surface area contributed by atoms with E-state index in [1.807, 2.05) is 36.4 Å². The van der Waals surface area contributed by atoms with Gasteiger partial charge < -0.3 is 9.47 Å². The van der Waals surface area contributed by atoms with Crippen molar-refractivity contribution >= 4 is 28.1 Å². The Labute approximate surface area is 171 Å². The third kappa shape index (κ3) is 6.12. The smallest absolute Gasteiger partial charge is 0.331 e. The maximum absolute atomic E-state index is 12.6. The summed E-state index contributed by atoms with van der Waals surface area (Å²) >= 11 is 0. The Morgan fingerprint density at radius 3 is 2.31 bits per heavy atom. The van der Waals surface area contributed by atoms with Crippen molar-refractivity contribution < 1.29 is 22.7 Å². The van der Waals surface area contributed by atoms with Crippen molar-refractivity contribution in [3.63, 3.8) is 0 Å². The van der Waals surface area contributed by atoms with Crippen molar-refractivity contribution in [2.45, 2.75) is 4.90 Å². The first-order valence-electron chi connectivity index (χ1n) is 9.30. The number of sulfonamides is 1. The quantitative estimate of drug-likeness (QED) is 0.515. The molecule has 0 unspecified atom stereocenters. The number of benzene rings is 2. The Kier molecular flexibility index (Phi) is 7.35. The van der Waals surface area contributed by atoms with Crippen LogP contribution in [0.3, 0.4) is 0 Å². The summed E-state index contributed by atoms with van der Waals surface area (Å²) in [7, 11) is -3.52. The molecule has 0 atom stereocenters. The Bertz CT molecular complexity index is 960. The first-order valence-corrected chi connectivity index (χ1v) is 10.7. The van der Waals surface area contributed by atoms with Crippen LogP contribution in [0.1, 0.15) is 11.1 Å². The predicted octanol–water partition coefficient (Wildman–Crippen LogP) is 2.98. The molecular formula is C22H23NO5S. The minimum absolute atomic E-state index is 0.175. The molecule has 1 heterocycles. The van der Waals surface area contributed by atoms with Gasteiger partial charge in [0.1, 0.15) is 6.61 Å². The van der Waals surface area contributed by atoms with Gasteiger partial charge in [0.25, 0.3) is 0 Å². The van der Waals surface area contributed by atoms with Crippen molar-refractivity contribution in [1.29, 1.82) is 0 Å². The minimum Gasteiger partial charge on any atom is -0.458 e. The molecule has 2 aromatic carbocycles. The summed E-state index contributed by atoms with van der Waals surface area (Å²) in [5, 5.41) is 0. The van der Waals surface area contributed by atoms with Gasteiger partial charge in [-0.25, -0.2) is 13.2 Å². The third-order valence-corrected chi connectivity index (χ3v) is 6.24. The summed E-state index contributed by atoms with van der Waals surface area (Å²) in [5.41, 5.74) is 1.74. The fraction of sp³-hybridized carbons (Fsp3) is 0.227. The molecule has 6 nitrogen and oxygen atoms in total. The summed E-state index contributed by atoms with van der Waals surface area (Å²) in [4.78, 5) is 12.0. The van der Waals surface area contributed by atoms with Crippen LogP contribution in [0.5, 0.6) is 0 Å². The van der Waals surface area contributed by atoms with E-state index >= 15 is 0 Å². The monoisotopic (exact) mass is 413 g/mol. The second-order valence-electron chi connectivity index (χ2n) is 6.36. The molecular weight excluding hydrogens is 390 g/mol. The van der Waals surface area contributed by atoms with E-state index in [0.29, 0.717) is 31.9 Å². The molecule has 1 aliphatic heterocycles. The summed E-state index contributed by atoms with van der Waals surface area (Å²) in [6, 6.07) is 16.1. The van der Waals surface area contributed by atoms with Crippen LogP contribution in [0.25, 0.3) is 12.2 Å². The van der Waals surface area contributed by atoms with Crippen LogP contribution >= 0.6 is 0 Å². The molecule has 0 saturated carbocycles. The highest BCUT2D eigenvalue weighted by molar-refractivity contribution is 7.89. The predicted molar refractivity (Wildman–Crippen MR) is 111 cm³/mol. The van der Waals surface area contributed by atoms with Gasteiger partial charge in [-0.15, -0.1) is 0 Å². The van der Waals surface area contributed by atoms with Crippen molar-refractivity contribution in [3.05, 3.63) is 77.9 Å². The Hall–Kier alpha value is -2.74.